The summed E-state index contributed by atoms with van der Waals surface area (Å²) in [5.74, 6) is 0.987. The summed E-state index contributed by atoms with van der Waals surface area (Å²) in [7, 11) is 0. The molecule has 9 nitrogen and oxygen atoms in total. The number of rotatable bonds is 8. The third-order valence-corrected chi connectivity index (χ3v) is 7.26. The Kier molecular flexibility index (Phi) is 5.04. The molecule has 172 valence electrons. The lowest BCUT2D eigenvalue weighted by atomic mass is 9.87. The summed E-state index contributed by atoms with van der Waals surface area (Å²) in [6.45, 7) is 4.10. The van der Waals surface area contributed by atoms with Crippen LogP contribution < -0.4 is 10.6 Å². The molecule has 3 aliphatic rings. The molecule has 1 aliphatic heterocycles. The number of anilines is 1. The fraction of sp³-hybridized carbons (Fsp3) is 0.500. The van der Waals surface area contributed by atoms with E-state index in [0.29, 0.717) is 23.7 Å². The predicted molar refractivity (Wildman–Crippen MR) is 118 cm³/mol. The van der Waals surface area contributed by atoms with E-state index in [1.54, 1.807) is 12.3 Å². The molecule has 2 aliphatic carbocycles. The third kappa shape index (κ3) is 3.50. The quantitative estimate of drug-likeness (QED) is 0.600. The second kappa shape index (κ2) is 7.80. The lowest BCUT2D eigenvalue weighted by Crippen LogP contribution is -2.51. The van der Waals surface area contributed by atoms with Gasteiger partial charge in [0.2, 0.25) is 5.91 Å². The van der Waals surface area contributed by atoms with Crippen LogP contribution in [0, 0.1) is 37.0 Å². The monoisotopic (exact) mass is 449 g/mol. The average Bonchev–Trinajstić information content (AvgIpc) is 3.72. The first-order valence-corrected chi connectivity index (χ1v) is 11.4. The third-order valence-electron chi connectivity index (χ3n) is 7.26. The van der Waals surface area contributed by atoms with E-state index in [2.05, 4.69) is 16.7 Å². The van der Waals surface area contributed by atoms with Gasteiger partial charge in [-0.05, 0) is 69.1 Å². The Morgan fingerprint density at radius 1 is 1.27 bits per heavy atom. The van der Waals surface area contributed by atoms with E-state index in [9.17, 15) is 19.6 Å². The van der Waals surface area contributed by atoms with Gasteiger partial charge in [0.25, 0.3) is 5.91 Å². The highest BCUT2D eigenvalue weighted by Gasteiger charge is 2.65. The number of nitrogens with one attached hydrogen (secondary N) is 2. The molecule has 2 N–H and O–H groups in total. The fourth-order valence-electron chi connectivity index (χ4n) is 5.07. The number of nitrogens with zero attached hydrogens (tertiary/aromatic N) is 3. The number of aromatic nitrogens is 1. The summed E-state index contributed by atoms with van der Waals surface area (Å²) in [5.41, 5.74) is 1.27. The maximum absolute atomic E-state index is 13.2. The molecule has 0 atom stereocenters. The highest BCUT2D eigenvalue weighted by atomic mass is 16.3. The Bertz CT molecular complexity index is 1150. The van der Waals surface area contributed by atoms with Crippen LogP contribution in [-0.4, -0.2) is 39.4 Å². The average molecular weight is 450 g/mol. The Hall–Kier alpha value is -3.54. The minimum absolute atomic E-state index is 0.0104. The summed E-state index contributed by atoms with van der Waals surface area (Å²) in [6, 6.07) is 5.38. The van der Waals surface area contributed by atoms with Gasteiger partial charge in [0, 0.05) is 18.7 Å². The zero-order valence-electron chi connectivity index (χ0n) is 18.8. The standard InChI is InChI=1S/C24H27N5O4/c1-14-15(2)29(13-18-4-3-11-33-18)21(19(14)12-25)26-20(30)9-10-28-22(31)24(16-5-6-16,17-7-8-17)27-23(28)32/h3-4,11,16-17H,5-10,13H2,1-2H3,(H,26,30)(H,27,32). The normalized spacial score (nSPS) is 19.5. The van der Waals surface area contributed by atoms with Crippen LogP contribution >= 0.6 is 0 Å². The number of carbonyl (C=O) groups excluding carboxylic acids is 3. The van der Waals surface area contributed by atoms with Crippen molar-refractivity contribution < 1.29 is 18.8 Å². The van der Waals surface area contributed by atoms with E-state index in [1.807, 2.05) is 24.5 Å². The maximum atomic E-state index is 13.2. The molecular weight excluding hydrogens is 422 g/mol. The van der Waals surface area contributed by atoms with Gasteiger partial charge >= 0.3 is 6.03 Å². The molecule has 3 fully saturated rings. The Labute approximate surface area is 191 Å². The van der Waals surface area contributed by atoms with Gasteiger partial charge in [-0.2, -0.15) is 5.26 Å². The zero-order chi connectivity index (χ0) is 23.3. The molecule has 4 amide bonds. The lowest BCUT2D eigenvalue weighted by molar-refractivity contribution is -0.133. The summed E-state index contributed by atoms with van der Waals surface area (Å²) in [4.78, 5) is 39.9. The topological polar surface area (TPSA) is 120 Å². The summed E-state index contributed by atoms with van der Waals surface area (Å²) < 4.78 is 7.27. The fourth-order valence-corrected chi connectivity index (χ4v) is 5.07. The number of nitriles is 1. The number of hydrogen-bond acceptors (Lipinski definition) is 5. The lowest BCUT2D eigenvalue weighted by Gasteiger charge is -2.26. The zero-order valence-corrected chi connectivity index (χ0v) is 18.8. The minimum Gasteiger partial charge on any atom is -0.467 e. The molecule has 2 aromatic rings. The van der Waals surface area contributed by atoms with E-state index in [-0.39, 0.29) is 36.6 Å². The highest BCUT2D eigenvalue weighted by molar-refractivity contribution is 6.08. The van der Waals surface area contributed by atoms with Crippen LogP contribution in [0.2, 0.25) is 0 Å². The highest BCUT2D eigenvalue weighted by Crippen LogP contribution is 2.54. The first-order chi connectivity index (χ1) is 15.9. The van der Waals surface area contributed by atoms with Gasteiger partial charge in [0.05, 0.1) is 18.4 Å². The van der Waals surface area contributed by atoms with Crippen molar-refractivity contribution in [1.29, 1.82) is 5.26 Å². The van der Waals surface area contributed by atoms with Crippen molar-refractivity contribution in [2.24, 2.45) is 11.8 Å². The van der Waals surface area contributed by atoms with Crippen molar-refractivity contribution in [1.82, 2.24) is 14.8 Å². The second-order valence-electron chi connectivity index (χ2n) is 9.31. The molecule has 0 radical (unpaired) electrons. The Morgan fingerprint density at radius 3 is 2.55 bits per heavy atom. The van der Waals surface area contributed by atoms with Gasteiger partial charge in [-0.15, -0.1) is 0 Å². The molecule has 2 saturated carbocycles. The Balaban J connectivity index is 1.30. The molecule has 0 bridgehead atoms. The first kappa shape index (κ1) is 21.3. The van der Waals surface area contributed by atoms with Crippen molar-refractivity contribution >= 4 is 23.7 Å². The van der Waals surface area contributed by atoms with Crippen molar-refractivity contribution in [3.8, 4) is 6.07 Å². The number of urea groups is 1. The molecule has 1 saturated heterocycles. The molecule has 0 spiro atoms. The molecule has 5 rings (SSSR count). The largest absolute Gasteiger partial charge is 0.467 e. The number of amides is 4. The smallest absolute Gasteiger partial charge is 0.325 e. The van der Waals surface area contributed by atoms with Crippen molar-refractivity contribution in [2.45, 2.75) is 58.0 Å². The van der Waals surface area contributed by atoms with E-state index >= 15 is 0 Å². The van der Waals surface area contributed by atoms with Gasteiger partial charge in [-0.1, -0.05) is 0 Å². The van der Waals surface area contributed by atoms with Crippen LogP contribution in [0.1, 0.15) is 54.7 Å². The number of imide groups is 1. The van der Waals surface area contributed by atoms with Gasteiger partial charge in [0.15, 0.2) is 0 Å². The van der Waals surface area contributed by atoms with Gasteiger partial charge in [-0.25, -0.2) is 4.79 Å². The predicted octanol–water partition coefficient (Wildman–Crippen LogP) is 3.06. The van der Waals surface area contributed by atoms with Crippen LogP contribution in [0.25, 0.3) is 0 Å². The maximum Gasteiger partial charge on any atom is 0.325 e. The first-order valence-electron chi connectivity index (χ1n) is 11.4. The molecule has 3 heterocycles. The summed E-state index contributed by atoms with van der Waals surface area (Å²) in [5, 5.41) is 15.5. The number of carbonyl (C=O) groups is 3. The van der Waals surface area contributed by atoms with Gasteiger partial charge in [0.1, 0.15) is 23.2 Å². The molecule has 33 heavy (non-hydrogen) atoms. The van der Waals surface area contributed by atoms with E-state index < -0.39 is 11.6 Å². The SMILES string of the molecule is Cc1c(C#N)c(NC(=O)CCN2C(=O)NC(C3CC3)(C3CC3)C2=O)n(Cc2ccco2)c1C. The molecule has 9 heteroatoms. The van der Waals surface area contributed by atoms with Crippen LogP contribution in [0.15, 0.2) is 22.8 Å². The second-order valence-corrected chi connectivity index (χ2v) is 9.31. The molecular formula is C24H27N5O4. The molecule has 0 aromatic carbocycles. The summed E-state index contributed by atoms with van der Waals surface area (Å²) >= 11 is 0. The van der Waals surface area contributed by atoms with Crippen molar-refractivity contribution in [3.63, 3.8) is 0 Å². The number of furan rings is 1. The van der Waals surface area contributed by atoms with E-state index in [0.717, 1.165) is 36.9 Å². The van der Waals surface area contributed by atoms with Gasteiger partial charge in [-0.3, -0.25) is 14.5 Å². The van der Waals surface area contributed by atoms with Crippen molar-refractivity contribution in [2.75, 3.05) is 11.9 Å². The molecule has 0 unspecified atom stereocenters. The van der Waals surface area contributed by atoms with Crippen LogP contribution in [0.3, 0.4) is 0 Å². The molecule has 2 aromatic heterocycles. The van der Waals surface area contributed by atoms with Crippen LogP contribution in [0.5, 0.6) is 0 Å². The Morgan fingerprint density at radius 2 is 1.97 bits per heavy atom. The summed E-state index contributed by atoms with van der Waals surface area (Å²) in [6.07, 6.45) is 5.36. The van der Waals surface area contributed by atoms with Crippen LogP contribution in [0.4, 0.5) is 10.6 Å². The van der Waals surface area contributed by atoms with E-state index in [4.69, 9.17) is 4.42 Å². The van der Waals surface area contributed by atoms with E-state index in [1.165, 1.54) is 4.90 Å². The number of hydrogen-bond donors (Lipinski definition) is 2. The van der Waals surface area contributed by atoms with Crippen molar-refractivity contribution in [3.05, 3.63) is 41.0 Å². The van der Waals surface area contributed by atoms with Crippen LogP contribution in [-0.2, 0) is 16.1 Å². The van der Waals surface area contributed by atoms with Gasteiger partial charge < -0.3 is 19.6 Å². The minimum atomic E-state index is -0.756.